The van der Waals surface area contributed by atoms with Crippen LogP contribution in [0.25, 0.3) is 0 Å². The number of hydrogen-bond donors (Lipinski definition) is 1. The highest BCUT2D eigenvalue weighted by atomic mass is 16.6. The lowest BCUT2D eigenvalue weighted by molar-refractivity contribution is -0.385. The summed E-state index contributed by atoms with van der Waals surface area (Å²) in [6, 6.07) is 2.63. The Labute approximate surface area is 108 Å². The maximum absolute atomic E-state index is 10.9. The number of nitro groups is 1. The molecule has 102 valence electrons. The molecule has 8 nitrogen and oxygen atoms in total. The third kappa shape index (κ3) is 2.97. The monoisotopic (exact) mass is 268 g/mol. The molecule has 0 spiro atoms. The van der Waals surface area contributed by atoms with E-state index in [1.807, 2.05) is 0 Å². The summed E-state index contributed by atoms with van der Waals surface area (Å²) in [7, 11) is 1.28. The van der Waals surface area contributed by atoms with Crippen molar-refractivity contribution < 1.29 is 24.4 Å². The van der Waals surface area contributed by atoms with E-state index in [2.05, 4.69) is 0 Å². The van der Waals surface area contributed by atoms with E-state index >= 15 is 0 Å². The van der Waals surface area contributed by atoms with E-state index < -0.39 is 16.9 Å². The minimum atomic E-state index is -1.22. The van der Waals surface area contributed by atoms with Gasteiger partial charge in [0.2, 0.25) is 6.41 Å². The van der Waals surface area contributed by atoms with Crippen LogP contribution in [0, 0.1) is 10.1 Å². The first kappa shape index (κ1) is 14.4. The van der Waals surface area contributed by atoms with Crippen LogP contribution < -0.4 is 9.64 Å². The van der Waals surface area contributed by atoms with Crippen molar-refractivity contribution in [3.63, 3.8) is 0 Å². The lowest BCUT2D eigenvalue weighted by atomic mass is 10.2. The molecular formula is C11H12N2O6. The summed E-state index contributed by atoms with van der Waals surface area (Å²) < 4.78 is 4.82. The Balaban J connectivity index is 3.26. The molecule has 1 amide bonds. The molecule has 8 heteroatoms. The second-order valence-electron chi connectivity index (χ2n) is 3.64. The Kier molecular flexibility index (Phi) is 4.41. The second kappa shape index (κ2) is 5.80. The first-order valence-corrected chi connectivity index (χ1v) is 5.21. The number of methoxy groups -OCH3 is 1. The van der Waals surface area contributed by atoms with Gasteiger partial charge in [0.1, 0.15) is 6.04 Å². The van der Waals surface area contributed by atoms with Crippen LogP contribution >= 0.6 is 0 Å². The molecule has 1 atom stereocenters. The molecule has 19 heavy (non-hydrogen) atoms. The summed E-state index contributed by atoms with van der Waals surface area (Å²) >= 11 is 0. The molecule has 0 aliphatic heterocycles. The highest BCUT2D eigenvalue weighted by Crippen LogP contribution is 2.31. The van der Waals surface area contributed by atoms with Gasteiger partial charge in [-0.15, -0.1) is 0 Å². The number of rotatable bonds is 6. The number of benzene rings is 1. The topological polar surface area (TPSA) is 110 Å². The van der Waals surface area contributed by atoms with Gasteiger partial charge in [0, 0.05) is 6.07 Å². The number of carbonyl (C=O) groups is 2. The first-order valence-electron chi connectivity index (χ1n) is 5.21. The Morgan fingerprint density at radius 1 is 1.58 bits per heavy atom. The number of carbonyl (C=O) groups excluding carboxylic acids is 1. The molecule has 0 aliphatic carbocycles. The van der Waals surface area contributed by atoms with Gasteiger partial charge < -0.3 is 14.7 Å². The fraction of sp³-hybridized carbons (Fsp3) is 0.273. The summed E-state index contributed by atoms with van der Waals surface area (Å²) in [5.41, 5.74) is -0.234. The van der Waals surface area contributed by atoms with E-state index in [1.165, 1.54) is 26.2 Å². The molecular weight excluding hydrogens is 256 g/mol. The number of nitro benzene ring substituents is 1. The maximum atomic E-state index is 10.9. The van der Waals surface area contributed by atoms with E-state index in [1.54, 1.807) is 0 Å². The number of carboxylic acids is 1. The zero-order valence-corrected chi connectivity index (χ0v) is 10.3. The van der Waals surface area contributed by atoms with Gasteiger partial charge in [-0.2, -0.15) is 0 Å². The Morgan fingerprint density at radius 2 is 2.21 bits per heavy atom. The fourth-order valence-electron chi connectivity index (χ4n) is 1.48. The summed E-state index contributed by atoms with van der Waals surface area (Å²) in [6.45, 7) is 1.30. The van der Waals surface area contributed by atoms with Crippen LogP contribution in [0.3, 0.4) is 0 Å². The number of nitrogens with zero attached hydrogens (tertiary/aromatic N) is 2. The highest BCUT2D eigenvalue weighted by Gasteiger charge is 2.24. The van der Waals surface area contributed by atoms with Crippen LogP contribution in [0.15, 0.2) is 18.2 Å². The largest absolute Gasteiger partial charge is 0.490 e. The third-order valence-corrected chi connectivity index (χ3v) is 2.55. The quantitative estimate of drug-likeness (QED) is 0.469. The number of anilines is 1. The van der Waals surface area contributed by atoms with Crippen molar-refractivity contribution in [2.24, 2.45) is 0 Å². The van der Waals surface area contributed by atoms with Crippen molar-refractivity contribution in [1.82, 2.24) is 0 Å². The van der Waals surface area contributed by atoms with Crippen molar-refractivity contribution in [2.75, 3.05) is 12.0 Å². The molecule has 0 aliphatic rings. The molecule has 0 fully saturated rings. The summed E-state index contributed by atoms with van der Waals surface area (Å²) in [5, 5.41) is 19.7. The van der Waals surface area contributed by atoms with Gasteiger partial charge in [-0.3, -0.25) is 14.9 Å². The molecule has 0 saturated carbocycles. The summed E-state index contributed by atoms with van der Waals surface area (Å²) in [5.74, 6) is -1.19. The SMILES string of the molecule is COc1ccc(N(C=O)C(C)C(=O)O)cc1[N+](=O)[O-]. The molecule has 1 rings (SSSR count). The second-order valence-corrected chi connectivity index (χ2v) is 3.64. The number of amides is 1. The van der Waals surface area contributed by atoms with Crippen molar-refractivity contribution in [2.45, 2.75) is 13.0 Å². The van der Waals surface area contributed by atoms with E-state index in [0.29, 0.717) is 6.41 Å². The van der Waals surface area contributed by atoms with Crippen LogP contribution in [0.4, 0.5) is 11.4 Å². The van der Waals surface area contributed by atoms with Crippen LogP contribution in [0.5, 0.6) is 5.75 Å². The minimum absolute atomic E-state index is 0.0302. The maximum Gasteiger partial charge on any atom is 0.326 e. The number of carboxylic acid groups (broad SMARTS) is 1. The Morgan fingerprint density at radius 3 is 2.63 bits per heavy atom. The molecule has 0 aromatic heterocycles. The number of aliphatic carboxylic acids is 1. The van der Waals surface area contributed by atoms with Gasteiger partial charge in [0.05, 0.1) is 17.7 Å². The van der Waals surface area contributed by atoms with Crippen molar-refractivity contribution >= 4 is 23.8 Å². The van der Waals surface area contributed by atoms with Gasteiger partial charge in [-0.1, -0.05) is 0 Å². The van der Waals surface area contributed by atoms with Gasteiger partial charge in [-0.05, 0) is 19.1 Å². The smallest absolute Gasteiger partial charge is 0.326 e. The van der Waals surface area contributed by atoms with Crippen LogP contribution in [0.2, 0.25) is 0 Å². The van der Waals surface area contributed by atoms with Gasteiger partial charge in [-0.25, -0.2) is 4.79 Å². The predicted octanol–water partition coefficient (Wildman–Crippen LogP) is 1.04. The highest BCUT2D eigenvalue weighted by molar-refractivity contribution is 5.88. The van der Waals surface area contributed by atoms with Gasteiger partial charge in [0.25, 0.3) is 0 Å². The molecule has 1 unspecified atom stereocenters. The number of ether oxygens (including phenoxy) is 1. The van der Waals surface area contributed by atoms with E-state index in [9.17, 15) is 19.7 Å². The van der Waals surface area contributed by atoms with E-state index in [0.717, 1.165) is 11.0 Å². The van der Waals surface area contributed by atoms with Crippen molar-refractivity contribution in [3.05, 3.63) is 28.3 Å². The van der Waals surface area contributed by atoms with Gasteiger partial charge >= 0.3 is 11.7 Å². The van der Waals surface area contributed by atoms with Gasteiger partial charge in [0.15, 0.2) is 5.75 Å². The Hall–Kier alpha value is -2.64. The predicted molar refractivity (Wildman–Crippen MR) is 65.3 cm³/mol. The normalized spacial score (nSPS) is 11.5. The molecule has 1 aromatic rings. The molecule has 0 radical (unpaired) electrons. The zero-order chi connectivity index (χ0) is 14.6. The average Bonchev–Trinajstić information content (AvgIpc) is 2.39. The summed E-state index contributed by atoms with van der Waals surface area (Å²) in [4.78, 5) is 32.9. The molecule has 1 aromatic carbocycles. The average molecular weight is 268 g/mol. The molecule has 0 saturated heterocycles. The van der Waals surface area contributed by atoms with Crippen molar-refractivity contribution in [1.29, 1.82) is 0 Å². The van der Waals surface area contributed by atoms with Crippen LogP contribution in [-0.4, -0.2) is 35.6 Å². The Bertz CT molecular complexity index is 516. The van der Waals surface area contributed by atoms with Crippen molar-refractivity contribution in [3.8, 4) is 5.75 Å². The number of hydrogen-bond acceptors (Lipinski definition) is 5. The third-order valence-electron chi connectivity index (χ3n) is 2.55. The minimum Gasteiger partial charge on any atom is -0.490 e. The zero-order valence-electron chi connectivity index (χ0n) is 10.3. The molecule has 0 bridgehead atoms. The standard InChI is InChI=1S/C11H12N2O6/c1-7(11(15)16)12(6-14)8-3-4-10(19-2)9(5-8)13(17)18/h3-7H,1-2H3,(H,15,16). The van der Waals surface area contributed by atoms with Crippen LogP contribution in [0.1, 0.15) is 6.92 Å². The summed E-state index contributed by atoms with van der Waals surface area (Å²) in [6.07, 6.45) is 0.310. The lowest BCUT2D eigenvalue weighted by Crippen LogP contribution is -2.38. The van der Waals surface area contributed by atoms with E-state index in [4.69, 9.17) is 9.84 Å². The van der Waals surface area contributed by atoms with E-state index in [-0.39, 0.29) is 17.1 Å². The van der Waals surface area contributed by atoms with Crippen LogP contribution in [-0.2, 0) is 9.59 Å². The molecule has 1 N–H and O–H groups in total. The molecule has 0 heterocycles. The fourth-order valence-corrected chi connectivity index (χ4v) is 1.48. The lowest BCUT2D eigenvalue weighted by Gasteiger charge is -2.21. The first-order chi connectivity index (χ1) is 8.92.